The van der Waals surface area contributed by atoms with E-state index in [2.05, 4.69) is 10.2 Å². The molecular formula is C17H25FN3O3S+. The molecule has 2 saturated heterocycles. The number of anilines is 1. The number of halogens is 1. The number of benzene rings is 1. The Kier molecular flexibility index (Phi) is 5.29. The van der Waals surface area contributed by atoms with Crippen molar-refractivity contribution in [2.45, 2.75) is 25.4 Å². The van der Waals surface area contributed by atoms with Crippen LogP contribution in [0.15, 0.2) is 24.3 Å². The topological polar surface area (TPSA) is 70.9 Å². The summed E-state index contributed by atoms with van der Waals surface area (Å²) < 4.78 is 36.0. The summed E-state index contributed by atoms with van der Waals surface area (Å²) in [7, 11) is -2.99. The van der Waals surface area contributed by atoms with Crippen LogP contribution >= 0.6 is 0 Å². The van der Waals surface area contributed by atoms with Gasteiger partial charge in [0.1, 0.15) is 5.82 Å². The van der Waals surface area contributed by atoms with Gasteiger partial charge in [0.05, 0.1) is 37.7 Å². The van der Waals surface area contributed by atoms with Crippen molar-refractivity contribution in [3.8, 4) is 0 Å². The molecule has 2 fully saturated rings. The van der Waals surface area contributed by atoms with Crippen molar-refractivity contribution < 1.29 is 22.5 Å². The van der Waals surface area contributed by atoms with Gasteiger partial charge in [-0.2, -0.15) is 0 Å². The summed E-state index contributed by atoms with van der Waals surface area (Å²) in [6.07, 6.45) is 0.508. The molecule has 0 radical (unpaired) electrons. The van der Waals surface area contributed by atoms with E-state index in [1.54, 1.807) is 12.1 Å². The predicted octanol–water partition coefficient (Wildman–Crippen LogP) is -0.778. The highest BCUT2D eigenvalue weighted by atomic mass is 32.2. The molecule has 0 bridgehead atoms. The molecule has 0 aromatic heterocycles. The Bertz CT molecular complexity index is 715. The van der Waals surface area contributed by atoms with Gasteiger partial charge in [-0.25, -0.2) is 12.8 Å². The number of carbonyl (C=O) groups is 1. The van der Waals surface area contributed by atoms with Gasteiger partial charge in [-0.1, -0.05) is 0 Å². The Hall–Kier alpha value is -1.67. The zero-order valence-electron chi connectivity index (χ0n) is 14.4. The van der Waals surface area contributed by atoms with Crippen LogP contribution in [0.2, 0.25) is 0 Å². The van der Waals surface area contributed by atoms with Gasteiger partial charge in [-0.05, 0) is 37.6 Å². The summed E-state index contributed by atoms with van der Waals surface area (Å²) in [5, 5.41) is 2.89. The molecule has 138 valence electrons. The van der Waals surface area contributed by atoms with Crippen LogP contribution in [0.4, 0.5) is 10.1 Å². The number of nitrogens with one attached hydrogen (secondary N) is 2. The molecule has 2 atom stereocenters. The van der Waals surface area contributed by atoms with E-state index >= 15 is 0 Å². The van der Waals surface area contributed by atoms with Gasteiger partial charge in [0.2, 0.25) is 0 Å². The standard InChI is InChI=1S/C17H24FN3O3S/c1-13(17(22)19-15-6-11-25(23,24)12-15)20-7-9-21(10-8-20)16-4-2-14(18)3-5-16/h2-5,13,15H,6-12H2,1H3,(H,19,22)/p+1/t13-,15+/m1/s1. The number of amides is 1. The van der Waals surface area contributed by atoms with Gasteiger partial charge in [-0.3, -0.25) is 4.79 Å². The molecule has 1 amide bonds. The zero-order valence-corrected chi connectivity index (χ0v) is 15.2. The number of carbonyl (C=O) groups excluding carboxylic acids is 1. The van der Waals surface area contributed by atoms with Gasteiger partial charge >= 0.3 is 0 Å². The second kappa shape index (κ2) is 7.29. The molecule has 0 aliphatic carbocycles. The first kappa shape index (κ1) is 18.1. The van der Waals surface area contributed by atoms with Crippen LogP contribution in [0.5, 0.6) is 0 Å². The third-order valence-electron chi connectivity index (χ3n) is 5.18. The smallest absolute Gasteiger partial charge is 0.278 e. The first-order valence-electron chi connectivity index (χ1n) is 8.70. The number of rotatable bonds is 4. The number of sulfone groups is 1. The van der Waals surface area contributed by atoms with E-state index in [1.165, 1.54) is 17.0 Å². The molecule has 0 unspecified atom stereocenters. The molecule has 0 saturated carbocycles. The molecule has 3 rings (SSSR count). The fraction of sp³-hybridized carbons (Fsp3) is 0.588. The van der Waals surface area contributed by atoms with Gasteiger partial charge < -0.3 is 15.1 Å². The fourth-order valence-corrected chi connectivity index (χ4v) is 5.23. The Balaban J connectivity index is 1.50. The van der Waals surface area contributed by atoms with E-state index in [-0.39, 0.29) is 35.3 Å². The third kappa shape index (κ3) is 4.49. The molecule has 2 aliphatic heterocycles. The lowest BCUT2D eigenvalue weighted by molar-refractivity contribution is -0.914. The van der Waals surface area contributed by atoms with E-state index in [1.807, 2.05) is 6.92 Å². The molecule has 8 heteroatoms. The molecule has 6 nitrogen and oxygen atoms in total. The lowest BCUT2D eigenvalue weighted by Gasteiger charge is -2.36. The summed E-state index contributed by atoms with van der Waals surface area (Å²) in [4.78, 5) is 15.8. The number of hydrogen-bond donors (Lipinski definition) is 2. The minimum absolute atomic E-state index is 0.0547. The van der Waals surface area contributed by atoms with E-state index in [0.29, 0.717) is 6.42 Å². The number of nitrogens with zero attached hydrogens (tertiary/aromatic N) is 1. The molecule has 1 aromatic rings. The van der Waals surface area contributed by atoms with Gasteiger partial charge in [0.15, 0.2) is 15.9 Å². The van der Waals surface area contributed by atoms with Gasteiger partial charge in [0, 0.05) is 11.7 Å². The molecule has 2 N–H and O–H groups in total. The average molecular weight is 370 g/mol. The maximum absolute atomic E-state index is 13.0. The molecule has 25 heavy (non-hydrogen) atoms. The SMILES string of the molecule is C[C@H](C(=O)N[C@H]1CCS(=O)(=O)C1)[NH+]1CCN(c2ccc(F)cc2)CC1. The first-order chi connectivity index (χ1) is 11.8. The van der Waals surface area contributed by atoms with Crippen LogP contribution in [0.25, 0.3) is 0 Å². The largest absolute Gasteiger partial charge is 0.360 e. The molecular weight excluding hydrogens is 345 g/mol. The monoisotopic (exact) mass is 370 g/mol. The maximum atomic E-state index is 13.0. The van der Waals surface area contributed by atoms with Crippen LogP contribution in [0.3, 0.4) is 0 Å². The van der Waals surface area contributed by atoms with Crippen molar-refractivity contribution in [1.29, 1.82) is 0 Å². The van der Waals surface area contributed by atoms with Crippen LogP contribution in [0, 0.1) is 5.82 Å². The summed E-state index contributed by atoms with van der Waals surface area (Å²) in [6.45, 7) is 5.12. The van der Waals surface area contributed by atoms with Crippen molar-refractivity contribution in [3.63, 3.8) is 0 Å². The fourth-order valence-electron chi connectivity index (χ4n) is 3.56. The highest BCUT2D eigenvalue weighted by Gasteiger charge is 2.33. The Morgan fingerprint density at radius 1 is 1.28 bits per heavy atom. The van der Waals surface area contributed by atoms with Crippen molar-refractivity contribution in [2.24, 2.45) is 0 Å². The van der Waals surface area contributed by atoms with E-state index in [9.17, 15) is 17.6 Å². The zero-order chi connectivity index (χ0) is 18.0. The molecule has 2 heterocycles. The molecule has 2 aliphatic rings. The van der Waals surface area contributed by atoms with Crippen LogP contribution in [0.1, 0.15) is 13.3 Å². The van der Waals surface area contributed by atoms with E-state index < -0.39 is 9.84 Å². The van der Waals surface area contributed by atoms with Crippen molar-refractivity contribution in [3.05, 3.63) is 30.1 Å². The summed E-state index contributed by atoms with van der Waals surface area (Å²) in [5.41, 5.74) is 0.994. The minimum Gasteiger partial charge on any atom is -0.360 e. The van der Waals surface area contributed by atoms with Crippen molar-refractivity contribution in [2.75, 3.05) is 42.6 Å². The quantitative estimate of drug-likeness (QED) is 0.730. The summed E-state index contributed by atoms with van der Waals surface area (Å²) in [6, 6.07) is 6.01. The minimum atomic E-state index is -2.99. The Morgan fingerprint density at radius 2 is 1.92 bits per heavy atom. The highest BCUT2D eigenvalue weighted by molar-refractivity contribution is 7.91. The summed E-state index contributed by atoms with van der Waals surface area (Å²) >= 11 is 0. The molecule has 0 spiro atoms. The van der Waals surface area contributed by atoms with Gasteiger partial charge in [0.25, 0.3) is 5.91 Å². The van der Waals surface area contributed by atoms with Crippen molar-refractivity contribution in [1.82, 2.24) is 5.32 Å². The second-order valence-corrected chi connectivity index (χ2v) is 9.18. The van der Waals surface area contributed by atoms with Crippen LogP contribution in [-0.4, -0.2) is 64.1 Å². The van der Waals surface area contributed by atoms with Crippen LogP contribution in [-0.2, 0) is 14.6 Å². The van der Waals surface area contributed by atoms with Crippen LogP contribution < -0.4 is 15.1 Å². The first-order valence-corrected chi connectivity index (χ1v) is 10.5. The maximum Gasteiger partial charge on any atom is 0.278 e. The third-order valence-corrected chi connectivity index (χ3v) is 6.95. The summed E-state index contributed by atoms with van der Waals surface area (Å²) in [5.74, 6) is -0.103. The highest BCUT2D eigenvalue weighted by Crippen LogP contribution is 2.14. The lowest BCUT2D eigenvalue weighted by Crippen LogP contribution is -3.19. The number of hydrogen-bond acceptors (Lipinski definition) is 4. The Morgan fingerprint density at radius 3 is 2.48 bits per heavy atom. The number of quaternary nitrogens is 1. The normalized spacial score (nSPS) is 24.9. The average Bonchev–Trinajstić information content (AvgIpc) is 2.93. The Labute approximate surface area is 147 Å². The second-order valence-electron chi connectivity index (χ2n) is 6.95. The predicted molar refractivity (Wildman–Crippen MR) is 94.0 cm³/mol. The van der Waals surface area contributed by atoms with Crippen molar-refractivity contribution >= 4 is 21.4 Å². The molecule has 1 aromatic carbocycles. The van der Waals surface area contributed by atoms with E-state index in [0.717, 1.165) is 31.9 Å². The number of piperazine rings is 1. The van der Waals surface area contributed by atoms with E-state index in [4.69, 9.17) is 0 Å². The van der Waals surface area contributed by atoms with Gasteiger partial charge in [-0.15, -0.1) is 0 Å². The lowest BCUT2D eigenvalue weighted by atomic mass is 10.1.